The van der Waals surface area contributed by atoms with Crippen molar-refractivity contribution >= 4 is 34.0 Å². The first-order valence-corrected chi connectivity index (χ1v) is 6.50. The van der Waals surface area contributed by atoms with E-state index in [0.29, 0.717) is 0 Å². The lowest BCUT2D eigenvalue weighted by molar-refractivity contribution is 0.0698. The molecule has 0 atom stereocenters. The summed E-state index contributed by atoms with van der Waals surface area (Å²) in [5, 5.41) is 15.4. The molecule has 1 aromatic carbocycles. The largest absolute Gasteiger partial charge is 0.478 e. The third-order valence-corrected chi connectivity index (χ3v) is 3.32. The smallest absolute Gasteiger partial charge is 0.338 e. The third kappa shape index (κ3) is 3.12. The Morgan fingerprint density at radius 3 is 2.70 bits per heavy atom. The number of carbonyl (C=O) groups is 2. The molecule has 0 fully saturated rings. The minimum atomic E-state index is -1.14. The van der Waals surface area contributed by atoms with Gasteiger partial charge in [-0.25, -0.2) is 14.0 Å². The van der Waals surface area contributed by atoms with Crippen LogP contribution in [0.25, 0.3) is 0 Å². The molecule has 0 aliphatic rings. The number of halogens is 1. The second kappa shape index (κ2) is 5.70. The maximum Gasteiger partial charge on any atom is 0.338 e. The number of carbonyl (C=O) groups excluding carboxylic acids is 1. The molecule has 0 saturated carbocycles. The fourth-order valence-corrected chi connectivity index (χ4v) is 2.34. The van der Waals surface area contributed by atoms with Crippen LogP contribution in [-0.2, 0) is 0 Å². The predicted molar refractivity (Wildman–Crippen MR) is 75.1 cm³/mol. The van der Waals surface area contributed by atoms with E-state index in [-0.39, 0.29) is 16.3 Å². The zero-order valence-electron chi connectivity index (χ0n) is 10.4. The SMILES string of the molecule is Cc1ccc(F)c(NC(=O)Nc2sccc2C(=O)O)c1. The van der Waals surface area contributed by atoms with Crippen LogP contribution in [0.15, 0.2) is 29.6 Å². The summed E-state index contributed by atoms with van der Waals surface area (Å²) in [6.07, 6.45) is 0. The molecule has 0 aliphatic carbocycles. The van der Waals surface area contributed by atoms with Crippen LogP contribution in [0, 0.1) is 12.7 Å². The van der Waals surface area contributed by atoms with Crippen LogP contribution in [0.3, 0.4) is 0 Å². The van der Waals surface area contributed by atoms with Crippen LogP contribution >= 0.6 is 11.3 Å². The quantitative estimate of drug-likeness (QED) is 0.810. The summed E-state index contributed by atoms with van der Waals surface area (Å²) in [5.74, 6) is -1.70. The van der Waals surface area contributed by atoms with Crippen LogP contribution in [0.4, 0.5) is 19.9 Å². The Morgan fingerprint density at radius 2 is 2.00 bits per heavy atom. The van der Waals surface area contributed by atoms with Gasteiger partial charge in [-0.3, -0.25) is 5.32 Å². The third-order valence-electron chi connectivity index (χ3n) is 2.49. The molecule has 0 aliphatic heterocycles. The molecule has 1 heterocycles. The number of benzene rings is 1. The molecule has 0 unspecified atom stereocenters. The summed E-state index contributed by atoms with van der Waals surface area (Å²) in [4.78, 5) is 22.6. The van der Waals surface area contributed by atoms with Crippen LogP contribution < -0.4 is 10.6 Å². The van der Waals surface area contributed by atoms with Crippen LogP contribution in [-0.4, -0.2) is 17.1 Å². The van der Waals surface area contributed by atoms with Crippen molar-refractivity contribution in [1.82, 2.24) is 0 Å². The van der Waals surface area contributed by atoms with Crippen LogP contribution in [0.2, 0.25) is 0 Å². The average molecular weight is 294 g/mol. The van der Waals surface area contributed by atoms with Crippen molar-refractivity contribution in [3.63, 3.8) is 0 Å². The first-order chi connectivity index (χ1) is 9.47. The number of hydrogen-bond donors (Lipinski definition) is 3. The van der Waals surface area contributed by atoms with Crippen molar-refractivity contribution < 1.29 is 19.1 Å². The number of amides is 2. The van der Waals surface area contributed by atoms with Gasteiger partial charge in [0.25, 0.3) is 0 Å². The van der Waals surface area contributed by atoms with E-state index in [1.165, 1.54) is 18.2 Å². The van der Waals surface area contributed by atoms with Gasteiger partial charge in [0.2, 0.25) is 0 Å². The average Bonchev–Trinajstić information content (AvgIpc) is 2.82. The normalized spacial score (nSPS) is 10.1. The molecule has 7 heteroatoms. The van der Waals surface area contributed by atoms with Gasteiger partial charge in [0.15, 0.2) is 0 Å². The van der Waals surface area contributed by atoms with Gasteiger partial charge in [-0.15, -0.1) is 11.3 Å². The Balaban J connectivity index is 2.11. The number of anilines is 2. The molecule has 0 bridgehead atoms. The van der Waals surface area contributed by atoms with E-state index in [9.17, 15) is 14.0 Å². The Kier molecular flexibility index (Phi) is 3.99. The van der Waals surface area contributed by atoms with Crippen molar-refractivity contribution in [3.8, 4) is 0 Å². The van der Waals surface area contributed by atoms with Gasteiger partial charge >= 0.3 is 12.0 Å². The molecular formula is C13H11FN2O3S. The highest BCUT2D eigenvalue weighted by Gasteiger charge is 2.14. The lowest BCUT2D eigenvalue weighted by atomic mass is 10.2. The molecular weight excluding hydrogens is 283 g/mol. The Hall–Kier alpha value is -2.41. The van der Waals surface area contributed by atoms with Crippen LogP contribution in [0.1, 0.15) is 15.9 Å². The minimum Gasteiger partial charge on any atom is -0.478 e. The topological polar surface area (TPSA) is 78.4 Å². The zero-order chi connectivity index (χ0) is 14.7. The first-order valence-electron chi connectivity index (χ1n) is 5.62. The van der Waals surface area contributed by atoms with E-state index >= 15 is 0 Å². The molecule has 1 aromatic heterocycles. The highest BCUT2D eigenvalue weighted by atomic mass is 32.1. The van der Waals surface area contributed by atoms with Crippen molar-refractivity contribution in [1.29, 1.82) is 0 Å². The lowest BCUT2D eigenvalue weighted by Crippen LogP contribution is -2.20. The van der Waals surface area contributed by atoms with Gasteiger partial charge in [0.05, 0.1) is 11.3 Å². The summed E-state index contributed by atoms with van der Waals surface area (Å²) in [6, 6.07) is 5.01. The summed E-state index contributed by atoms with van der Waals surface area (Å²) in [5.41, 5.74) is 0.829. The number of nitrogens with one attached hydrogen (secondary N) is 2. The maximum atomic E-state index is 13.5. The van der Waals surface area contributed by atoms with Crippen molar-refractivity contribution in [2.75, 3.05) is 10.6 Å². The second-order valence-corrected chi connectivity index (χ2v) is 4.95. The van der Waals surface area contributed by atoms with Gasteiger partial charge in [-0.2, -0.15) is 0 Å². The Bertz CT molecular complexity index is 669. The molecule has 104 valence electrons. The predicted octanol–water partition coefficient (Wildman–Crippen LogP) is 3.54. The van der Waals surface area contributed by atoms with Crippen molar-refractivity contribution in [2.24, 2.45) is 0 Å². The van der Waals surface area contributed by atoms with Gasteiger partial charge in [0.1, 0.15) is 10.8 Å². The number of aromatic carboxylic acids is 1. The molecule has 0 spiro atoms. The fraction of sp³-hybridized carbons (Fsp3) is 0.0769. The lowest BCUT2D eigenvalue weighted by Gasteiger charge is -2.08. The number of thiophene rings is 1. The van der Waals surface area contributed by atoms with Gasteiger partial charge in [-0.1, -0.05) is 6.07 Å². The summed E-state index contributed by atoms with van der Waals surface area (Å²) in [6.45, 7) is 1.77. The van der Waals surface area contributed by atoms with Gasteiger partial charge in [0, 0.05) is 0 Å². The molecule has 2 rings (SSSR count). The summed E-state index contributed by atoms with van der Waals surface area (Å²) >= 11 is 1.08. The molecule has 20 heavy (non-hydrogen) atoms. The molecule has 5 nitrogen and oxygen atoms in total. The van der Waals surface area contributed by atoms with E-state index in [2.05, 4.69) is 10.6 Å². The summed E-state index contributed by atoms with van der Waals surface area (Å²) in [7, 11) is 0. The first kappa shape index (κ1) is 14.0. The molecule has 2 aromatic rings. The van der Waals surface area contributed by atoms with Gasteiger partial charge < -0.3 is 10.4 Å². The maximum absolute atomic E-state index is 13.5. The second-order valence-electron chi connectivity index (χ2n) is 4.03. The fourth-order valence-electron chi connectivity index (χ4n) is 1.57. The van der Waals surface area contributed by atoms with Crippen LogP contribution in [0.5, 0.6) is 0 Å². The molecule has 3 N–H and O–H groups in total. The standard InChI is InChI=1S/C13H11FN2O3S/c1-7-2-3-9(14)10(6-7)15-13(19)16-11-8(12(17)18)4-5-20-11/h2-6H,1H3,(H,17,18)(H2,15,16,19). The number of carboxylic acids is 1. The zero-order valence-corrected chi connectivity index (χ0v) is 11.3. The number of carboxylic acid groups (broad SMARTS) is 1. The number of aryl methyl sites for hydroxylation is 1. The van der Waals surface area contributed by atoms with E-state index in [4.69, 9.17) is 5.11 Å². The monoisotopic (exact) mass is 294 g/mol. The molecule has 2 amide bonds. The van der Waals surface area contributed by atoms with Gasteiger partial charge in [-0.05, 0) is 36.1 Å². The Morgan fingerprint density at radius 1 is 1.25 bits per heavy atom. The highest BCUT2D eigenvalue weighted by Crippen LogP contribution is 2.23. The van der Waals surface area contributed by atoms with Crippen molar-refractivity contribution in [2.45, 2.75) is 6.92 Å². The summed E-state index contributed by atoms with van der Waals surface area (Å²) < 4.78 is 13.5. The molecule has 0 saturated heterocycles. The number of rotatable bonds is 3. The van der Waals surface area contributed by atoms with E-state index < -0.39 is 17.8 Å². The van der Waals surface area contributed by atoms with E-state index in [0.717, 1.165) is 16.9 Å². The van der Waals surface area contributed by atoms with E-state index in [1.54, 1.807) is 18.4 Å². The highest BCUT2D eigenvalue weighted by molar-refractivity contribution is 7.14. The molecule has 0 radical (unpaired) electrons. The number of urea groups is 1. The number of hydrogen-bond acceptors (Lipinski definition) is 3. The minimum absolute atomic E-state index is 0.00476. The Labute approximate surface area is 118 Å². The van der Waals surface area contributed by atoms with E-state index in [1.807, 2.05) is 0 Å². The van der Waals surface area contributed by atoms with Crippen molar-refractivity contribution in [3.05, 3.63) is 46.6 Å².